The SMILES string of the molecule is FC(F)(F)C(F)(C(F)(F)F)C(F)(F)C(F)(F)C(F)(F)OC(F)(F)C(F)(F)C(F)(F)C(F)(C(F)(F)F)C(F)(F)F. The predicted molar refractivity (Wildman–Crippen MR) is 62.7 cm³/mol. The molecule has 1 nitrogen and oxygen atoms in total. The molecule has 0 aromatic carbocycles. The van der Waals surface area contributed by atoms with Crippen LogP contribution in [-0.4, -0.2) is 72.0 Å². The van der Waals surface area contributed by atoms with Gasteiger partial charge in [-0.1, -0.05) is 0 Å². The maximum atomic E-state index is 13.3. The van der Waals surface area contributed by atoms with Gasteiger partial charge in [0, 0.05) is 0 Å². The molecular formula is C12F26O. The average molecular weight is 654 g/mol. The third kappa shape index (κ3) is 4.75. The Labute approximate surface area is 192 Å². The Morgan fingerprint density at radius 3 is 0.513 bits per heavy atom. The molecule has 0 amide bonds. The van der Waals surface area contributed by atoms with E-state index in [1.165, 1.54) is 0 Å². The van der Waals surface area contributed by atoms with Crippen LogP contribution in [0, 0.1) is 0 Å². The molecule has 27 heteroatoms. The summed E-state index contributed by atoms with van der Waals surface area (Å²) < 4.78 is 333. The Hall–Kier alpha value is -1.86. The zero-order chi connectivity index (χ0) is 32.7. The molecule has 0 atom stereocenters. The molecule has 0 radical (unpaired) electrons. The molecule has 0 spiro atoms. The maximum Gasteiger partial charge on any atom is 0.438 e. The fourth-order valence-electron chi connectivity index (χ4n) is 2.12. The van der Waals surface area contributed by atoms with E-state index in [0.29, 0.717) is 4.74 Å². The lowest BCUT2D eigenvalue weighted by Gasteiger charge is -2.44. The molecule has 0 aliphatic carbocycles. The highest BCUT2D eigenvalue weighted by molar-refractivity contribution is 5.15. The average Bonchev–Trinajstić information content (AvgIpc) is 2.61. The molecule has 0 aromatic rings. The first kappa shape index (κ1) is 37.1. The summed E-state index contributed by atoms with van der Waals surface area (Å²) in [4.78, 5) is 0. The van der Waals surface area contributed by atoms with Crippen molar-refractivity contribution in [3.8, 4) is 0 Å². The van der Waals surface area contributed by atoms with Gasteiger partial charge in [0.2, 0.25) is 0 Å². The molecule has 0 aliphatic rings. The van der Waals surface area contributed by atoms with Crippen molar-refractivity contribution in [1.82, 2.24) is 0 Å². The summed E-state index contributed by atoms with van der Waals surface area (Å²) in [6.45, 7) is 0. The van der Waals surface area contributed by atoms with Crippen LogP contribution in [-0.2, 0) is 4.74 Å². The lowest BCUT2D eigenvalue weighted by molar-refractivity contribution is -0.529. The van der Waals surface area contributed by atoms with Crippen LogP contribution in [0.1, 0.15) is 0 Å². The summed E-state index contributed by atoms with van der Waals surface area (Å²) in [5.74, 6) is -36.9. The van der Waals surface area contributed by atoms with Gasteiger partial charge in [0.25, 0.3) is 0 Å². The van der Waals surface area contributed by atoms with Gasteiger partial charge < -0.3 is 0 Å². The Balaban J connectivity index is 7.17. The number of ether oxygens (including phenoxy) is 1. The molecule has 0 aromatic heterocycles. The van der Waals surface area contributed by atoms with Gasteiger partial charge in [-0.05, 0) is 0 Å². The highest BCUT2D eigenvalue weighted by atomic mass is 19.4. The van der Waals surface area contributed by atoms with Crippen LogP contribution in [0.5, 0.6) is 0 Å². The van der Waals surface area contributed by atoms with Crippen molar-refractivity contribution in [2.75, 3.05) is 0 Å². The first-order chi connectivity index (χ1) is 16.2. The van der Waals surface area contributed by atoms with Crippen LogP contribution in [0.15, 0.2) is 0 Å². The summed E-state index contributed by atoms with van der Waals surface area (Å²) >= 11 is 0. The van der Waals surface area contributed by atoms with E-state index in [1.54, 1.807) is 0 Å². The van der Waals surface area contributed by atoms with E-state index >= 15 is 0 Å². The van der Waals surface area contributed by atoms with Crippen molar-refractivity contribution >= 4 is 0 Å². The molecule has 0 saturated carbocycles. The Kier molecular flexibility index (Phi) is 8.40. The summed E-state index contributed by atoms with van der Waals surface area (Å²) in [7, 11) is 0. The lowest BCUT2D eigenvalue weighted by Crippen LogP contribution is -2.76. The first-order valence-electron chi connectivity index (χ1n) is 7.82. The molecule has 0 unspecified atom stereocenters. The monoisotopic (exact) mass is 654 g/mol. The first-order valence-corrected chi connectivity index (χ1v) is 7.82. The van der Waals surface area contributed by atoms with Crippen LogP contribution in [0.4, 0.5) is 114 Å². The second-order valence-corrected chi connectivity index (χ2v) is 6.74. The van der Waals surface area contributed by atoms with Crippen molar-refractivity contribution in [2.24, 2.45) is 0 Å². The van der Waals surface area contributed by atoms with Crippen LogP contribution < -0.4 is 0 Å². The van der Waals surface area contributed by atoms with E-state index in [4.69, 9.17) is 0 Å². The molecule has 236 valence electrons. The minimum Gasteiger partial charge on any atom is -0.245 e. The number of hydrogen-bond acceptors (Lipinski definition) is 1. The van der Waals surface area contributed by atoms with Crippen LogP contribution >= 0.6 is 0 Å². The standard InChI is InChI=1S/C12F26O/c13-1(7(23,24)25,8(26,27)28)3(15,16)5(19,20)11(35,36)39-12(37,38)6(21,22)4(17,18)2(14,9(29,30)31)10(32,33)34. The minimum absolute atomic E-state index is 0.639. The highest BCUT2D eigenvalue weighted by Crippen LogP contribution is 2.65. The topological polar surface area (TPSA) is 9.23 Å². The minimum atomic E-state index is -9.24. The molecule has 39 heavy (non-hydrogen) atoms. The lowest BCUT2D eigenvalue weighted by atomic mass is 9.89. The summed E-state index contributed by atoms with van der Waals surface area (Å²) in [5, 5.41) is 0. The zero-order valence-electron chi connectivity index (χ0n) is 16.2. The predicted octanol–water partition coefficient (Wildman–Crippen LogP) is 8.40. The van der Waals surface area contributed by atoms with Crippen molar-refractivity contribution < 1.29 is 119 Å². The quantitative estimate of drug-likeness (QED) is 0.239. The van der Waals surface area contributed by atoms with E-state index in [0.717, 1.165) is 0 Å². The molecule has 0 heterocycles. The number of alkyl halides is 26. The second-order valence-electron chi connectivity index (χ2n) is 6.74. The number of halogens is 26. The largest absolute Gasteiger partial charge is 0.438 e. The van der Waals surface area contributed by atoms with Gasteiger partial charge in [0.1, 0.15) is 0 Å². The normalized spacial score (nSPS) is 17.1. The number of hydrogen-bond donors (Lipinski definition) is 0. The van der Waals surface area contributed by atoms with Gasteiger partial charge in [-0.2, -0.15) is 105 Å². The second kappa shape index (κ2) is 8.82. The van der Waals surface area contributed by atoms with Crippen LogP contribution in [0.3, 0.4) is 0 Å². The molecular weight excluding hydrogens is 654 g/mol. The van der Waals surface area contributed by atoms with E-state index < -0.39 is 72.0 Å². The van der Waals surface area contributed by atoms with Gasteiger partial charge in [-0.15, -0.1) is 0 Å². The Morgan fingerprint density at radius 1 is 0.231 bits per heavy atom. The molecule has 0 bridgehead atoms. The van der Waals surface area contributed by atoms with Crippen LogP contribution in [0.2, 0.25) is 0 Å². The smallest absolute Gasteiger partial charge is 0.245 e. The van der Waals surface area contributed by atoms with E-state index in [9.17, 15) is 114 Å². The maximum absolute atomic E-state index is 13.3. The third-order valence-corrected chi connectivity index (χ3v) is 4.20. The van der Waals surface area contributed by atoms with E-state index in [1.807, 2.05) is 0 Å². The van der Waals surface area contributed by atoms with Gasteiger partial charge >= 0.3 is 72.0 Å². The fraction of sp³-hybridized carbons (Fsp3) is 1.00. The molecule has 0 fully saturated rings. The van der Waals surface area contributed by atoms with Crippen molar-refractivity contribution in [3.63, 3.8) is 0 Å². The fourth-order valence-corrected chi connectivity index (χ4v) is 2.12. The summed E-state index contributed by atoms with van der Waals surface area (Å²) in [6, 6.07) is 0. The molecule has 0 aliphatic heterocycles. The van der Waals surface area contributed by atoms with E-state index in [2.05, 4.69) is 0 Å². The Bertz CT molecular complexity index is 779. The highest BCUT2D eigenvalue weighted by Gasteiger charge is 2.97. The molecule has 0 saturated heterocycles. The van der Waals surface area contributed by atoms with Gasteiger partial charge in [0.15, 0.2) is 0 Å². The Morgan fingerprint density at radius 2 is 0.385 bits per heavy atom. The van der Waals surface area contributed by atoms with Crippen molar-refractivity contribution in [3.05, 3.63) is 0 Å². The number of rotatable bonds is 8. The van der Waals surface area contributed by atoms with Gasteiger partial charge in [-0.3, -0.25) is 0 Å². The third-order valence-electron chi connectivity index (χ3n) is 4.20. The summed E-state index contributed by atoms with van der Waals surface area (Å²) in [6.07, 6.45) is -51.9. The van der Waals surface area contributed by atoms with Crippen LogP contribution in [0.25, 0.3) is 0 Å². The van der Waals surface area contributed by atoms with Crippen molar-refractivity contribution in [1.29, 1.82) is 0 Å². The van der Waals surface area contributed by atoms with E-state index in [-0.39, 0.29) is 0 Å². The molecule has 0 N–H and O–H groups in total. The molecule has 0 rings (SSSR count). The van der Waals surface area contributed by atoms with Crippen molar-refractivity contribution in [2.45, 2.75) is 72.0 Å². The zero-order valence-corrected chi connectivity index (χ0v) is 16.2. The summed E-state index contributed by atoms with van der Waals surface area (Å²) in [5.41, 5.74) is -17.9. The van der Waals surface area contributed by atoms with Gasteiger partial charge in [0.05, 0.1) is 0 Å². The van der Waals surface area contributed by atoms with Gasteiger partial charge in [-0.25, -0.2) is 13.5 Å².